The fourth-order valence-electron chi connectivity index (χ4n) is 7.16. The van der Waals surface area contributed by atoms with Crippen LogP contribution in [0.2, 0.25) is 0 Å². The zero-order chi connectivity index (χ0) is 26.3. The van der Waals surface area contributed by atoms with E-state index in [9.17, 15) is 0 Å². The number of aromatic nitrogens is 3. The molecule has 3 aliphatic rings. The van der Waals surface area contributed by atoms with Crippen LogP contribution < -0.4 is 0 Å². The minimum Gasteiger partial charge on any atom is -0.313 e. The molecule has 0 radical (unpaired) electrons. The van der Waals surface area contributed by atoms with E-state index in [4.69, 9.17) is 0 Å². The molecule has 3 aliphatic carbocycles. The number of aryl methyl sites for hydroxylation is 1. The van der Waals surface area contributed by atoms with E-state index in [1.54, 1.807) is 0 Å². The third-order valence-electron chi connectivity index (χ3n) is 8.81. The van der Waals surface area contributed by atoms with Gasteiger partial charge in [0.2, 0.25) is 0 Å². The van der Waals surface area contributed by atoms with Gasteiger partial charge in [-0.2, -0.15) is 0 Å². The molecule has 1 aromatic carbocycles. The summed E-state index contributed by atoms with van der Waals surface area (Å²) in [4.78, 5) is 4.65. The Morgan fingerprint density at radius 1 is 0.769 bits per heavy atom. The Labute approximate surface area is 231 Å². The van der Waals surface area contributed by atoms with Crippen LogP contribution in [-0.2, 0) is 25.7 Å². The van der Waals surface area contributed by atoms with Crippen LogP contribution in [0, 0.1) is 0 Å². The van der Waals surface area contributed by atoms with Gasteiger partial charge in [-0.15, -0.1) is 0 Å². The number of pyridine rings is 1. The zero-order valence-corrected chi connectivity index (χ0v) is 22.6. The third-order valence-corrected chi connectivity index (χ3v) is 8.81. The second-order valence-electron chi connectivity index (χ2n) is 10.9. The number of allylic oxidation sites excluding steroid dienone is 6. The molecular formula is C36H35N3. The first kappa shape index (κ1) is 24.0. The molecule has 0 saturated heterocycles. The summed E-state index contributed by atoms with van der Waals surface area (Å²) in [5.41, 5.74) is 14.3. The first-order valence-electron chi connectivity index (χ1n) is 14.5. The molecule has 3 aromatic heterocycles. The van der Waals surface area contributed by atoms with Gasteiger partial charge in [0.1, 0.15) is 0 Å². The molecule has 7 rings (SSSR count). The number of hydrogen-bond acceptors (Lipinski definition) is 1. The molecule has 0 unspecified atom stereocenters. The molecule has 0 amide bonds. The quantitative estimate of drug-likeness (QED) is 0.264. The van der Waals surface area contributed by atoms with Crippen LogP contribution in [0.15, 0.2) is 80.2 Å². The van der Waals surface area contributed by atoms with Crippen molar-refractivity contribution < 1.29 is 0 Å². The number of benzene rings is 1. The summed E-state index contributed by atoms with van der Waals surface area (Å²) in [6.45, 7) is 8.42. The van der Waals surface area contributed by atoms with Crippen molar-refractivity contribution in [2.45, 2.75) is 57.8 Å². The van der Waals surface area contributed by atoms with Crippen molar-refractivity contribution in [3.8, 4) is 5.69 Å². The highest BCUT2D eigenvalue weighted by Crippen LogP contribution is 2.41. The largest absolute Gasteiger partial charge is 0.313 e. The lowest BCUT2D eigenvalue weighted by Gasteiger charge is -2.22. The minimum absolute atomic E-state index is 0.923. The SMILES string of the molecule is C=Cc1c2c(n(-c3cnccc3C3=C(n4c5c(c6ccccc64)CCCC5)C=CCC=C3)c1C=C)CCCC2. The smallest absolute Gasteiger partial charge is 0.0721 e. The summed E-state index contributed by atoms with van der Waals surface area (Å²) in [5, 5.41) is 1.40. The van der Waals surface area contributed by atoms with Gasteiger partial charge < -0.3 is 9.13 Å². The summed E-state index contributed by atoms with van der Waals surface area (Å²) in [6.07, 6.45) is 27.6. The Kier molecular flexibility index (Phi) is 6.08. The Hall–Kier alpha value is -4.11. The van der Waals surface area contributed by atoms with Crippen molar-refractivity contribution in [3.63, 3.8) is 0 Å². The van der Waals surface area contributed by atoms with Gasteiger partial charge in [0.25, 0.3) is 0 Å². The number of nitrogens with zero attached hydrogens (tertiary/aromatic N) is 3. The lowest BCUT2D eigenvalue weighted by atomic mass is 9.94. The summed E-state index contributed by atoms with van der Waals surface area (Å²) in [6, 6.07) is 11.2. The monoisotopic (exact) mass is 509 g/mol. The molecule has 0 atom stereocenters. The van der Waals surface area contributed by atoms with E-state index < -0.39 is 0 Å². The lowest BCUT2D eigenvalue weighted by Crippen LogP contribution is -2.11. The molecule has 3 heterocycles. The molecule has 0 aliphatic heterocycles. The van der Waals surface area contributed by atoms with Gasteiger partial charge in [0.05, 0.1) is 28.8 Å². The van der Waals surface area contributed by atoms with Crippen molar-refractivity contribution in [2.75, 3.05) is 0 Å². The second-order valence-corrected chi connectivity index (χ2v) is 10.9. The highest BCUT2D eigenvalue weighted by molar-refractivity contribution is 6.00. The van der Waals surface area contributed by atoms with E-state index in [1.165, 1.54) is 81.5 Å². The van der Waals surface area contributed by atoms with E-state index in [0.717, 1.165) is 43.5 Å². The highest BCUT2D eigenvalue weighted by Gasteiger charge is 2.27. The summed E-state index contributed by atoms with van der Waals surface area (Å²) < 4.78 is 4.99. The van der Waals surface area contributed by atoms with E-state index in [0.29, 0.717) is 0 Å². The number of hydrogen-bond donors (Lipinski definition) is 0. The van der Waals surface area contributed by atoms with Crippen LogP contribution in [0.25, 0.3) is 40.0 Å². The predicted molar refractivity (Wildman–Crippen MR) is 165 cm³/mol. The molecule has 0 bridgehead atoms. The Morgan fingerprint density at radius 2 is 1.51 bits per heavy atom. The maximum atomic E-state index is 4.65. The standard InChI is InChI=1S/C36H35N3/c1-3-25-26-15-8-11-19-32(26)38(31(25)4-2)36-24-37-23-22-30(36)29-14-6-5-7-18-33(29)39-34-20-12-9-16-27(34)28-17-10-13-21-35(28)39/h3-4,6-7,9,12,14,16,18,20,22-24H,1-2,5,8,10-11,13,15,17,19,21H2. The van der Waals surface area contributed by atoms with Gasteiger partial charge in [-0.1, -0.05) is 55.7 Å². The molecule has 0 spiro atoms. The van der Waals surface area contributed by atoms with Crippen LogP contribution in [-0.4, -0.2) is 14.1 Å². The first-order valence-corrected chi connectivity index (χ1v) is 14.5. The van der Waals surface area contributed by atoms with Gasteiger partial charge in [0, 0.05) is 39.7 Å². The van der Waals surface area contributed by atoms with Gasteiger partial charge in [-0.3, -0.25) is 4.98 Å². The maximum Gasteiger partial charge on any atom is 0.0721 e. The summed E-state index contributed by atoms with van der Waals surface area (Å²) >= 11 is 0. The van der Waals surface area contributed by atoms with Crippen molar-refractivity contribution >= 4 is 34.3 Å². The fourth-order valence-corrected chi connectivity index (χ4v) is 7.16. The van der Waals surface area contributed by atoms with Crippen LogP contribution in [0.1, 0.15) is 71.4 Å². The second kappa shape index (κ2) is 9.89. The number of para-hydroxylation sites is 1. The average molecular weight is 510 g/mol. The summed E-state index contributed by atoms with van der Waals surface area (Å²) in [7, 11) is 0. The molecule has 0 fully saturated rings. The van der Waals surface area contributed by atoms with E-state index in [1.807, 2.05) is 24.5 Å². The summed E-state index contributed by atoms with van der Waals surface area (Å²) in [5.74, 6) is 0. The maximum absolute atomic E-state index is 4.65. The molecule has 0 N–H and O–H groups in total. The van der Waals surface area contributed by atoms with Gasteiger partial charge in [-0.05, 0) is 93.2 Å². The van der Waals surface area contributed by atoms with Gasteiger partial charge in [0.15, 0.2) is 0 Å². The van der Waals surface area contributed by atoms with E-state index in [2.05, 4.69) is 81.9 Å². The normalized spacial score (nSPS) is 16.7. The van der Waals surface area contributed by atoms with Gasteiger partial charge >= 0.3 is 0 Å². The molecule has 3 heteroatoms. The van der Waals surface area contributed by atoms with E-state index >= 15 is 0 Å². The van der Waals surface area contributed by atoms with Crippen molar-refractivity contribution in [3.05, 3.63) is 120 Å². The van der Waals surface area contributed by atoms with Crippen molar-refractivity contribution in [2.24, 2.45) is 0 Å². The lowest BCUT2D eigenvalue weighted by molar-refractivity contribution is 0.662. The Morgan fingerprint density at radius 3 is 2.33 bits per heavy atom. The van der Waals surface area contributed by atoms with Gasteiger partial charge in [-0.25, -0.2) is 0 Å². The average Bonchev–Trinajstić information content (AvgIpc) is 3.38. The minimum atomic E-state index is 0.923. The predicted octanol–water partition coefficient (Wildman–Crippen LogP) is 8.76. The zero-order valence-electron chi connectivity index (χ0n) is 22.6. The van der Waals surface area contributed by atoms with Crippen LogP contribution in [0.4, 0.5) is 0 Å². The molecular weight excluding hydrogens is 474 g/mol. The van der Waals surface area contributed by atoms with Crippen molar-refractivity contribution in [1.29, 1.82) is 0 Å². The van der Waals surface area contributed by atoms with E-state index in [-0.39, 0.29) is 0 Å². The highest BCUT2D eigenvalue weighted by atomic mass is 15.0. The Bertz CT molecular complexity index is 1720. The number of rotatable bonds is 5. The first-order chi connectivity index (χ1) is 19.3. The molecule has 0 saturated carbocycles. The number of fused-ring (bicyclic) bond motifs is 4. The van der Waals surface area contributed by atoms with Crippen LogP contribution >= 0.6 is 0 Å². The fraction of sp³-hybridized carbons (Fsp3) is 0.250. The molecule has 194 valence electrons. The Balaban J connectivity index is 1.54. The molecule has 3 nitrogen and oxygen atoms in total. The van der Waals surface area contributed by atoms with Crippen LogP contribution in [0.5, 0.6) is 0 Å². The van der Waals surface area contributed by atoms with Crippen molar-refractivity contribution in [1.82, 2.24) is 14.1 Å². The third kappa shape index (κ3) is 3.75. The molecule has 4 aromatic rings. The topological polar surface area (TPSA) is 22.8 Å². The molecule has 39 heavy (non-hydrogen) atoms. The van der Waals surface area contributed by atoms with Crippen LogP contribution in [0.3, 0.4) is 0 Å².